The number of aromatic nitrogens is 7. The zero-order valence-electron chi connectivity index (χ0n) is 45.1. The molecule has 2 amide bonds. The minimum absolute atomic E-state index is 0.0972. The van der Waals surface area contributed by atoms with E-state index in [1.54, 1.807) is 32.6 Å². The fourth-order valence-corrected chi connectivity index (χ4v) is 5.97. The van der Waals surface area contributed by atoms with Gasteiger partial charge < -0.3 is 24.4 Å². The summed E-state index contributed by atoms with van der Waals surface area (Å²) < 4.78 is 22.2. The van der Waals surface area contributed by atoms with Crippen LogP contribution in [0.2, 0.25) is 0 Å². The zero-order valence-corrected chi connectivity index (χ0v) is 46.7. The quantitative estimate of drug-likeness (QED) is 0.0972. The first-order chi connectivity index (χ1) is 32.1. The molecule has 1 aliphatic rings. The van der Waals surface area contributed by atoms with Crippen molar-refractivity contribution in [2.75, 3.05) is 14.1 Å². The Labute approximate surface area is 418 Å². The average molecular weight is 1000 g/mol. The van der Waals surface area contributed by atoms with Crippen LogP contribution in [0.15, 0.2) is 67.0 Å². The van der Waals surface area contributed by atoms with Gasteiger partial charge >= 0.3 is 0 Å². The first-order valence-corrected chi connectivity index (χ1v) is 24.6. The van der Waals surface area contributed by atoms with Gasteiger partial charge in [0.05, 0.1) is 41.3 Å². The lowest BCUT2D eigenvalue weighted by atomic mass is 10.0. The van der Waals surface area contributed by atoms with Crippen molar-refractivity contribution in [1.82, 2.24) is 49.6 Å². The van der Waals surface area contributed by atoms with Crippen molar-refractivity contribution in [3.63, 3.8) is 0 Å². The molecule has 5 aromatic rings. The third kappa shape index (κ3) is 29.0. The van der Waals surface area contributed by atoms with E-state index in [2.05, 4.69) is 109 Å². The lowest BCUT2D eigenvalue weighted by Crippen LogP contribution is -2.22. The van der Waals surface area contributed by atoms with Gasteiger partial charge in [0.2, 0.25) is 17.7 Å². The smallest absolute Gasteiger partial charge is 0.280 e. The van der Waals surface area contributed by atoms with Crippen molar-refractivity contribution in [2.45, 2.75) is 161 Å². The second-order valence-electron chi connectivity index (χ2n) is 18.0. The van der Waals surface area contributed by atoms with Crippen LogP contribution in [0, 0.1) is 38.5 Å². The molecule has 0 unspecified atom stereocenters. The number of hydrogen-bond acceptors (Lipinski definition) is 16. The highest BCUT2D eigenvalue weighted by molar-refractivity contribution is 7.05. The number of rotatable bonds is 8. The number of hydroxylamine groups is 1. The Morgan fingerprint density at radius 1 is 0.710 bits per heavy atom. The minimum atomic E-state index is -0.168. The SMILES string of the molecule is C=C1N=C(C(C)C)NO1.CC(C)c1cc(=O)[nH]o1.CC(C)c1ncn[nH]1.CNC(=O)C(C)C.CNC(=O)C(C)C.Cc1cc(C(C)C)sn1.Cc1cocc(C(C)C)c1=O.Cc1nsnc1C(C)C. The van der Waals surface area contributed by atoms with E-state index < -0.39 is 0 Å². The number of aryl methyl sites for hydroxylation is 3. The third-order valence-electron chi connectivity index (χ3n) is 8.83. The molecule has 0 fully saturated rings. The van der Waals surface area contributed by atoms with Crippen LogP contribution in [-0.2, 0) is 14.4 Å². The van der Waals surface area contributed by atoms with Crippen LogP contribution in [-0.4, -0.2) is 65.2 Å². The number of carbonyl (C=O) groups is 2. The molecular formula is C49H83N11O7S2. The van der Waals surface area contributed by atoms with E-state index in [1.165, 1.54) is 41.5 Å². The van der Waals surface area contributed by atoms with Gasteiger partial charge in [-0.15, -0.1) is 0 Å². The number of nitrogens with one attached hydrogen (secondary N) is 5. The maximum atomic E-state index is 11.4. The van der Waals surface area contributed by atoms with Gasteiger partial charge in [0.25, 0.3) is 5.56 Å². The fourth-order valence-electron chi connectivity index (χ4n) is 4.55. The van der Waals surface area contributed by atoms with Gasteiger partial charge in [-0.1, -0.05) is 111 Å². The number of hydrogen-bond donors (Lipinski definition) is 5. The topological polar surface area (TPSA) is 248 Å². The molecule has 0 aliphatic carbocycles. The van der Waals surface area contributed by atoms with E-state index in [9.17, 15) is 19.2 Å². The van der Waals surface area contributed by atoms with Crippen LogP contribution < -0.4 is 27.1 Å². The molecule has 5 aromatic heterocycles. The van der Waals surface area contributed by atoms with Crippen molar-refractivity contribution in [2.24, 2.45) is 22.7 Å². The Bertz CT molecular complexity index is 2280. The summed E-state index contributed by atoms with van der Waals surface area (Å²) in [5.74, 6) is 5.88. The average Bonchev–Trinajstić information content (AvgIpc) is 4.15. The molecule has 0 atom stereocenters. The Hall–Kier alpha value is -5.76. The first-order valence-electron chi connectivity index (χ1n) is 23.1. The molecule has 5 N–H and O–H groups in total. The molecule has 0 bridgehead atoms. The van der Waals surface area contributed by atoms with Gasteiger partial charge in [0, 0.05) is 65.8 Å². The lowest BCUT2D eigenvalue weighted by Gasteiger charge is -2.02. The first kappa shape index (κ1) is 65.3. The van der Waals surface area contributed by atoms with Crippen LogP contribution in [0.3, 0.4) is 0 Å². The van der Waals surface area contributed by atoms with E-state index in [0.29, 0.717) is 40.9 Å². The zero-order chi connectivity index (χ0) is 53.6. The number of aliphatic imine (C=N–C) groups is 1. The summed E-state index contributed by atoms with van der Waals surface area (Å²) in [5, 5.41) is 13.8. The molecular weight excluding hydrogens is 919 g/mol. The van der Waals surface area contributed by atoms with Crippen molar-refractivity contribution in [3.8, 4) is 0 Å². The van der Waals surface area contributed by atoms with Gasteiger partial charge in [-0.05, 0) is 62.7 Å². The van der Waals surface area contributed by atoms with E-state index in [0.717, 1.165) is 34.3 Å². The largest absolute Gasteiger partial charge is 0.472 e. The van der Waals surface area contributed by atoms with Crippen LogP contribution in [0.25, 0.3) is 0 Å². The molecule has 6 heterocycles. The highest BCUT2D eigenvalue weighted by Crippen LogP contribution is 2.19. The monoisotopic (exact) mass is 1000 g/mol. The predicted octanol–water partition coefficient (Wildman–Crippen LogP) is 10.5. The fraction of sp³-hybridized carbons (Fsp3) is 0.592. The van der Waals surface area contributed by atoms with Gasteiger partial charge in [-0.25, -0.2) is 10.5 Å². The van der Waals surface area contributed by atoms with Crippen LogP contribution >= 0.6 is 23.3 Å². The Balaban J connectivity index is 0. The molecule has 388 valence electrons. The minimum Gasteiger partial charge on any atom is -0.472 e. The maximum absolute atomic E-state index is 11.4. The van der Waals surface area contributed by atoms with Gasteiger partial charge in [0.1, 0.15) is 23.7 Å². The molecule has 1 aliphatic heterocycles. The molecule has 0 saturated carbocycles. The number of amidine groups is 1. The van der Waals surface area contributed by atoms with Crippen LogP contribution in [0.5, 0.6) is 0 Å². The van der Waals surface area contributed by atoms with Gasteiger partial charge in [-0.3, -0.25) is 24.3 Å². The molecule has 0 radical (unpaired) electrons. The maximum Gasteiger partial charge on any atom is 0.280 e. The number of carbonyl (C=O) groups excluding carboxylic acids is 2. The number of aromatic amines is 2. The predicted molar refractivity (Wildman–Crippen MR) is 281 cm³/mol. The van der Waals surface area contributed by atoms with E-state index in [1.807, 2.05) is 83.1 Å². The van der Waals surface area contributed by atoms with Crippen LogP contribution in [0.4, 0.5) is 0 Å². The van der Waals surface area contributed by atoms with E-state index in [-0.39, 0.29) is 46.5 Å². The Morgan fingerprint density at radius 2 is 1.29 bits per heavy atom. The molecule has 6 rings (SSSR count). The highest BCUT2D eigenvalue weighted by atomic mass is 32.1. The summed E-state index contributed by atoms with van der Waals surface area (Å²) in [5.41, 5.74) is 7.38. The van der Waals surface area contributed by atoms with Gasteiger partial charge in [0.15, 0.2) is 5.43 Å². The number of H-pyrrole nitrogens is 2. The van der Waals surface area contributed by atoms with Crippen molar-refractivity contribution < 1.29 is 23.4 Å². The normalized spacial score (nSPS) is 11.1. The summed E-state index contributed by atoms with van der Waals surface area (Å²) in [6, 6.07) is 3.61. The van der Waals surface area contributed by atoms with Gasteiger partial charge in [-0.2, -0.15) is 28.4 Å². The lowest BCUT2D eigenvalue weighted by molar-refractivity contribution is -0.124. The van der Waals surface area contributed by atoms with E-state index in [4.69, 9.17) is 13.8 Å². The van der Waals surface area contributed by atoms with Crippen molar-refractivity contribution >= 4 is 40.9 Å². The Kier molecular flexibility index (Phi) is 33.5. The van der Waals surface area contributed by atoms with E-state index >= 15 is 0 Å². The summed E-state index contributed by atoms with van der Waals surface area (Å²) in [6.45, 7) is 41.5. The van der Waals surface area contributed by atoms with Crippen molar-refractivity contribution in [3.05, 3.63) is 109 Å². The summed E-state index contributed by atoms with van der Waals surface area (Å²) in [4.78, 5) is 56.7. The summed E-state index contributed by atoms with van der Waals surface area (Å²) >= 11 is 2.90. The molecule has 20 heteroatoms. The Morgan fingerprint density at radius 3 is 1.51 bits per heavy atom. The second-order valence-corrected chi connectivity index (χ2v) is 19.4. The molecule has 18 nitrogen and oxygen atoms in total. The standard InChI is InChI=1S/C9H12O2.C7H11NS.C6H10N2O.C6H10N2S.C6H9NO2.C5H9N3.2C5H11NO/c1-6(2)8-5-11-4-7(3)9(8)10;1-5(2)7-4-6(3)8-9-7;1-4(2)6-7-5(3)9-8-6;1-4(2)6-5(3)7-9-8-6;1-4(2)5-3-6(8)7-9-5;1-4(2)5-6-3-7-8-5;2*1-4(2)5(7)6-3/h4-6H,1-3H3;4-5H,1-3H3;4H,3H2,1-2H3,(H,7,8);4H,1-3H3;3-4H,1-2H3,(H,7,8);3-4H,1-2H3,(H,6,7,8);2*4H,1-3H3,(H,6,7). The summed E-state index contributed by atoms with van der Waals surface area (Å²) in [6.07, 6.45) is 4.53. The molecule has 0 spiro atoms. The summed E-state index contributed by atoms with van der Waals surface area (Å²) in [7, 11) is 3.28. The molecule has 0 saturated heterocycles. The molecule has 69 heavy (non-hydrogen) atoms. The van der Waals surface area contributed by atoms with Crippen LogP contribution in [0.1, 0.15) is 185 Å². The number of amides is 2. The highest BCUT2D eigenvalue weighted by Gasteiger charge is 2.12. The second kappa shape index (κ2) is 35.4. The number of nitrogens with zero attached hydrogens (tertiary/aromatic N) is 6. The molecule has 0 aromatic carbocycles. The third-order valence-corrected chi connectivity index (χ3v) is 10.6. The van der Waals surface area contributed by atoms with Crippen molar-refractivity contribution in [1.29, 1.82) is 0 Å².